The van der Waals surface area contributed by atoms with Crippen LogP contribution >= 0.6 is 0 Å². The average Bonchev–Trinajstić information content (AvgIpc) is 3.49. The summed E-state index contributed by atoms with van der Waals surface area (Å²) in [5, 5.41) is 14.4. The summed E-state index contributed by atoms with van der Waals surface area (Å²) in [5.74, 6) is 1.56. The maximum Gasteiger partial charge on any atom is 0.181 e. The number of nitrogens with one attached hydrogen (secondary N) is 4. The van der Waals surface area contributed by atoms with Crippen molar-refractivity contribution in [3.05, 3.63) is 65.5 Å². The predicted octanol–water partition coefficient (Wildman–Crippen LogP) is 4.14. The number of hydrogen-bond acceptors (Lipinski definition) is 6. The van der Waals surface area contributed by atoms with Crippen LogP contribution in [0.5, 0.6) is 5.75 Å². The van der Waals surface area contributed by atoms with E-state index in [1.807, 2.05) is 44.2 Å². The summed E-state index contributed by atoms with van der Waals surface area (Å²) in [5.41, 5.74) is 2.61. The van der Waals surface area contributed by atoms with E-state index in [2.05, 4.69) is 54.3 Å². The largest absolute Gasteiger partial charge is 0.468 e. The fraction of sp³-hybridized carbons (Fsp3) is 0.346. The first-order chi connectivity index (χ1) is 17.5. The van der Waals surface area contributed by atoms with Gasteiger partial charge in [0.15, 0.2) is 24.1 Å². The van der Waals surface area contributed by atoms with Gasteiger partial charge in [0.1, 0.15) is 11.7 Å². The molecule has 0 amide bonds. The number of aromatic amines is 2. The summed E-state index contributed by atoms with van der Waals surface area (Å²) >= 11 is 0. The predicted molar refractivity (Wildman–Crippen MR) is 143 cm³/mol. The Labute approximate surface area is 210 Å². The Morgan fingerprint density at radius 3 is 3.03 bits per heavy atom. The quantitative estimate of drug-likeness (QED) is 0.204. The van der Waals surface area contributed by atoms with Crippen molar-refractivity contribution in [3.63, 3.8) is 0 Å². The van der Waals surface area contributed by atoms with E-state index in [-0.39, 0.29) is 18.5 Å². The van der Waals surface area contributed by atoms with Crippen LogP contribution < -0.4 is 15.4 Å². The lowest BCUT2D eigenvalue weighted by molar-refractivity contribution is 0.268. The average molecular weight is 493 g/mol. The van der Waals surface area contributed by atoms with Gasteiger partial charge in [-0.1, -0.05) is 12.2 Å². The lowest BCUT2D eigenvalue weighted by atomic mass is 10.2. The third-order valence-electron chi connectivity index (χ3n) is 5.98. The third kappa shape index (κ3) is 6.01. The van der Waals surface area contributed by atoms with Crippen molar-refractivity contribution in [2.45, 2.75) is 33.2 Å². The number of ether oxygens (including phenoxy) is 1. The van der Waals surface area contributed by atoms with Crippen molar-refractivity contribution in [3.8, 4) is 5.75 Å². The molecule has 1 aliphatic heterocycles. The van der Waals surface area contributed by atoms with Gasteiger partial charge in [0.25, 0.3) is 0 Å². The first kappa shape index (κ1) is 25.2. The molecule has 4 rings (SSSR count). The van der Waals surface area contributed by atoms with Crippen molar-refractivity contribution in [2.24, 2.45) is 9.98 Å². The van der Waals surface area contributed by atoms with Crippen molar-refractivity contribution in [1.29, 1.82) is 0 Å². The molecule has 9 nitrogen and oxygen atoms in total. The highest BCUT2D eigenvalue weighted by Gasteiger charge is 2.21. The van der Waals surface area contributed by atoms with Gasteiger partial charge >= 0.3 is 0 Å². The summed E-state index contributed by atoms with van der Waals surface area (Å²) < 4.78 is 20.7. The smallest absolute Gasteiger partial charge is 0.181 e. The number of aromatic nitrogens is 3. The topological polar surface area (TPSA) is 106 Å². The van der Waals surface area contributed by atoms with E-state index in [9.17, 15) is 4.39 Å². The molecule has 0 spiro atoms. The van der Waals surface area contributed by atoms with Gasteiger partial charge in [0.05, 0.1) is 0 Å². The van der Waals surface area contributed by atoms with Gasteiger partial charge < -0.3 is 25.3 Å². The Balaban J connectivity index is 1.55. The SMILES string of the molecule is C=N/C(=C\C(=N/COc1ccc2[nH]c(C)cc2c1F)N1CCNCC1C)Nc1cc(C/C=C/C)[nH]n1. The molecule has 2 aromatic heterocycles. The highest BCUT2D eigenvalue weighted by molar-refractivity contribution is 5.94. The van der Waals surface area contributed by atoms with Crippen molar-refractivity contribution in [1.82, 2.24) is 25.4 Å². The van der Waals surface area contributed by atoms with E-state index in [1.165, 1.54) is 0 Å². The van der Waals surface area contributed by atoms with E-state index < -0.39 is 5.82 Å². The molecule has 0 aliphatic carbocycles. The van der Waals surface area contributed by atoms with Gasteiger partial charge in [0.2, 0.25) is 0 Å². The van der Waals surface area contributed by atoms with Crippen LogP contribution in [0.15, 0.2) is 58.3 Å². The molecule has 4 N–H and O–H groups in total. The Morgan fingerprint density at radius 2 is 2.25 bits per heavy atom. The minimum atomic E-state index is -0.401. The minimum absolute atomic E-state index is 0.0470. The number of benzene rings is 1. The van der Waals surface area contributed by atoms with Crippen molar-refractivity contribution < 1.29 is 9.13 Å². The number of aryl methyl sites for hydroxylation is 1. The number of allylic oxidation sites excluding steroid dienone is 2. The molecule has 190 valence electrons. The van der Waals surface area contributed by atoms with Crippen molar-refractivity contribution >= 4 is 29.3 Å². The number of nitrogens with zero attached hydrogens (tertiary/aromatic N) is 4. The normalized spacial score (nSPS) is 17.2. The summed E-state index contributed by atoms with van der Waals surface area (Å²) in [6.45, 7) is 12.1. The highest BCUT2D eigenvalue weighted by Crippen LogP contribution is 2.27. The van der Waals surface area contributed by atoms with E-state index in [0.29, 0.717) is 22.9 Å². The lowest BCUT2D eigenvalue weighted by Gasteiger charge is -2.35. The van der Waals surface area contributed by atoms with E-state index in [4.69, 9.17) is 4.74 Å². The zero-order chi connectivity index (χ0) is 25.5. The molecular formula is C26H33FN8O. The molecule has 0 bridgehead atoms. The number of H-pyrrole nitrogens is 2. The second-order valence-corrected chi connectivity index (χ2v) is 8.69. The lowest BCUT2D eigenvalue weighted by Crippen LogP contribution is -2.52. The molecule has 1 saturated heterocycles. The number of aliphatic imine (C=N–C) groups is 2. The standard InChI is InChI=1S/C26H33FN8O/c1-5-6-7-19-13-24(34-33-19)32-23(28-4)14-25(35-11-10-29-15-18(35)3)30-16-36-22-9-8-21-20(26(22)27)12-17(2)31-21/h5-6,8-9,12-14,18,29,31H,4,7,10-11,15-16H2,1-3H3,(H2,32,33,34)/b6-5+,23-14+,30-25+. The number of hydrogen-bond donors (Lipinski definition) is 4. The van der Waals surface area contributed by atoms with Crippen LogP contribution in [0, 0.1) is 12.7 Å². The van der Waals surface area contributed by atoms with Crippen LogP contribution in [-0.2, 0) is 6.42 Å². The van der Waals surface area contributed by atoms with Gasteiger partial charge in [-0.2, -0.15) is 5.10 Å². The number of anilines is 1. The molecule has 1 aliphatic rings. The summed E-state index contributed by atoms with van der Waals surface area (Å²) in [6.07, 6.45) is 6.62. The Kier molecular flexibility index (Phi) is 8.17. The molecule has 0 saturated carbocycles. The van der Waals surface area contributed by atoms with Crippen LogP contribution in [-0.4, -0.2) is 65.0 Å². The van der Waals surface area contributed by atoms with E-state index >= 15 is 0 Å². The maximum absolute atomic E-state index is 14.9. The van der Waals surface area contributed by atoms with E-state index in [1.54, 1.807) is 12.1 Å². The molecule has 3 heterocycles. The number of fused-ring (bicyclic) bond motifs is 1. The molecular weight excluding hydrogens is 459 g/mol. The number of piperazine rings is 1. The van der Waals surface area contributed by atoms with Crippen LogP contribution in [0.25, 0.3) is 10.9 Å². The molecule has 36 heavy (non-hydrogen) atoms. The van der Waals surface area contributed by atoms with Crippen LogP contribution in [0.3, 0.4) is 0 Å². The van der Waals surface area contributed by atoms with Crippen molar-refractivity contribution in [2.75, 3.05) is 31.7 Å². The number of amidine groups is 1. The molecule has 3 aromatic rings. The summed E-state index contributed by atoms with van der Waals surface area (Å²) in [4.78, 5) is 14.1. The summed E-state index contributed by atoms with van der Waals surface area (Å²) in [6, 6.07) is 7.32. The van der Waals surface area contributed by atoms with E-state index in [0.717, 1.165) is 43.0 Å². The monoisotopic (exact) mass is 492 g/mol. The van der Waals surface area contributed by atoms with Crippen LogP contribution in [0.2, 0.25) is 0 Å². The molecule has 1 aromatic carbocycles. The fourth-order valence-corrected chi connectivity index (χ4v) is 4.12. The molecule has 10 heteroatoms. The van der Waals surface area contributed by atoms with Gasteiger partial charge in [-0.25, -0.2) is 14.4 Å². The van der Waals surface area contributed by atoms with Gasteiger partial charge in [-0.3, -0.25) is 5.10 Å². The molecule has 1 unspecified atom stereocenters. The number of halogens is 1. The zero-order valence-corrected chi connectivity index (χ0v) is 20.9. The maximum atomic E-state index is 14.9. The second kappa shape index (κ2) is 11.7. The van der Waals surface area contributed by atoms with Gasteiger partial charge in [-0.05, 0) is 45.7 Å². The Bertz CT molecular complexity index is 1290. The van der Waals surface area contributed by atoms with Crippen LogP contribution in [0.4, 0.5) is 10.2 Å². The third-order valence-corrected chi connectivity index (χ3v) is 5.98. The van der Waals surface area contributed by atoms with Crippen LogP contribution in [0.1, 0.15) is 25.2 Å². The Hall–Kier alpha value is -3.92. The first-order valence-corrected chi connectivity index (χ1v) is 12.0. The molecule has 0 radical (unpaired) electrons. The molecule has 1 fully saturated rings. The van der Waals surface area contributed by atoms with Gasteiger partial charge in [0, 0.05) is 66.5 Å². The van der Waals surface area contributed by atoms with Gasteiger partial charge in [-0.15, -0.1) is 0 Å². The number of rotatable bonds is 9. The Morgan fingerprint density at radius 1 is 1.39 bits per heavy atom. The first-order valence-electron chi connectivity index (χ1n) is 12.0. The minimum Gasteiger partial charge on any atom is -0.468 e. The highest BCUT2D eigenvalue weighted by atomic mass is 19.1. The summed E-state index contributed by atoms with van der Waals surface area (Å²) in [7, 11) is 0. The zero-order valence-electron chi connectivity index (χ0n) is 20.9. The molecule has 1 atom stereocenters. The fourth-order valence-electron chi connectivity index (χ4n) is 4.12. The second-order valence-electron chi connectivity index (χ2n) is 8.69.